The first-order chi connectivity index (χ1) is 11.2. The van der Waals surface area contributed by atoms with Crippen molar-refractivity contribution in [2.75, 3.05) is 10.6 Å². The van der Waals surface area contributed by atoms with Crippen LogP contribution >= 0.6 is 15.9 Å². The lowest BCUT2D eigenvalue weighted by atomic mass is 9.95. The molecule has 0 saturated heterocycles. The highest BCUT2D eigenvalue weighted by atomic mass is 79.9. The molecule has 0 atom stereocenters. The number of carbonyl (C=O) groups excluding carboxylic acids is 1. The van der Waals surface area contributed by atoms with E-state index < -0.39 is 0 Å². The molecule has 23 heavy (non-hydrogen) atoms. The van der Waals surface area contributed by atoms with Gasteiger partial charge in [0.2, 0.25) is 0 Å². The third kappa shape index (κ3) is 4.55. The van der Waals surface area contributed by atoms with E-state index in [0.717, 1.165) is 10.3 Å². The minimum Gasteiger partial charge on any atom is -0.367 e. The largest absolute Gasteiger partial charge is 0.367 e. The third-order valence-corrected chi connectivity index (χ3v) is 4.56. The van der Waals surface area contributed by atoms with Gasteiger partial charge in [-0.05, 0) is 43.2 Å². The molecule has 0 aliphatic heterocycles. The van der Waals surface area contributed by atoms with E-state index in [9.17, 15) is 4.79 Å². The minimum atomic E-state index is -0.138. The lowest BCUT2D eigenvalue weighted by molar-refractivity contribution is 0.102. The molecule has 0 bridgehead atoms. The van der Waals surface area contributed by atoms with E-state index >= 15 is 0 Å². The number of halogens is 1. The number of nitrogens with one attached hydrogen (secondary N) is 2. The van der Waals surface area contributed by atoms with E-state index in [4.69, 9.17) is 0 Å². The Labute approximate surface area is 144 Å². The van der Waals surface area contributed by atoms with E-state index in [0.29, 0.717) is 17.3 Å². The third-order valence-electron chi connectivity index (χ3n) is 4.07. The SMILES string of the molecule is O=C(Nc1ccc(NC2CCCCC2)nc1)c1cccc(Br)c1. The lowest BCUT2D eigenvalue weighted by Crippen LogP contribution is -2.22. The Morgan fingerprint density at radius 2 is 1.96 bits per heavy atom. The number of hydrogen-bond acceptors (Lipinski definition) is 3. The molecule has 1 saturated carbocycles. The predicted molar refractivity (Wildman–Crippen MR) is 96.8 cm³/mol. The number of benzene rings is 1. The average Bonchev–Trinajstić information content (AvgIpc) is 2.57. The summed E-state index contributed by atoms with van der Waals surface area (Å²) in [6, 6.07) is 11.6. The summed E-state index contributed by atoms with van der Waals surface area (Å²) in [6.45, 7) is 0. The van der Waals surface area contributed by atoms with Gasteiger partial charge < -0.3 is 10.6 Å². The summed E-state index contributed by atoms with van der Waals surface area (Å²) < 4.78 is 0.885. The molecule has 5 heteroatoms. The second-order valence-electron chi connectivity index (χ2n) is 5.88. The molecule has 3 rings (SSSR count). The number of hydrogen-bond donors (Lipinski definition) is 2. The summed E-state index contributed by atoms with van der Waals surface area (Å²) in [6.07, 6.45) is 8.04. The molecule has 2 N–H and O–H groups in total. The van der Waals surface area contributed by atoms with Crippen molar-refractivity contribution in [3.05, 3.63) is 52.6 Å². The second kappa shape index (κ2) is 7.59. The molecule has 120 valence electrons. The smallest absolute Gasteiger partial charge is 0.255 e. The summed E-state index contributed by atoms with van der Waals surface area (Å²) in [5.74, 6) is 0.735. The summed E-state index contributed by atoms with van der Waals surface area (Å²) in [5, 5.41) is 6.34. The first-order valence-electron chi connectivity index (χ1n) is 8.00. The molecule has 1 amide bonds. The van der Waals surface area contributed by atoms with Crippen LogP contribution in [0, 0.1) is 0 Å². The average molecular weight is 374 g/mol. The highest BCUT2D eigenvalue weighted by molar-refractivity contribution is 9.10. The van der Waals surface area contributed by atoms with Gasteiger partial charge in [-0.15, -0.1) is 0 Å². The number of nitrogens with zero attached hydrogens (tertiary/aromatic N) is 1. The van der Waals surface area contributed by atoms with Crippen molar-refractivity contribution in [1.82, 2.24) is 4.98 Å². The van der Waals surface area contributed by atoms with Crippen molar-refractivity contribution in [3.8, 4) is 0 Å². The topological polar surface area (TPSA) is 54.0 Å². The van der Waals surface area contributed by atoms with Gasteiger partial charge in [-0.1, -0.05) is 41.3 Å². The first-order valence-corrected chi connectivity index (χ1v) is 8.79. The fraction of sp³-hybridized carbons (Fsp3) is 0.333. The molecule has 0 unspecified atom stereocenters. The van der Waals surface area contributed by atoms with Gasteiger partial charge >= 0.3 is 0 Å². The van der Waals surface area contributed by atoms with Crippen LogP contribution in [0.1, 0.15) is 42.5 Å². The van der Waals surface area contributed by atoms with Gasteiger partial charge in [-0.2, -0.15) is 0 Å². The van der Waals surface area contributed by atoms with Crippen LogP contribution in [-0.2, 0) is 0 Å². The predicted octanol–water partition coefficient (Wildman–Crippen LogP) is 4.84. The summed E-state index contributed by atoms with van der Waals surface area (Å²) in [7, 11) is 0. The van der Waals surface area contributed by atoms with E-state index in [1.807, 2.05) is 24.3 Å². The summed E-state index contributed by atoms with van der Waals surface area (Å²) in [5.41, 5.74) is 1.31. The Bertz CT molecular complexity index is 666. The fourth-order valence-corrected chi connectivity index (χ4v) is 3.24. The molecule has 2 aromatic rings. The molecule has 1 aliphatic rings. The van der Waals surface area contributed by atoms with Crippen LogP contribution < -0.4 is 10.6 Å². The Morgan fingerprint density at radius 3 is 2.65 bits per heavy atom. The second-order valence-corrected chi connectivity index (χ2v) is 6.79. The van der Waals surface area contributed by atoms with Crippen LogP contribution in [0.5, 0.6) is 0 Å². The zero-order valence-electron chi connectivity index (χ0n) is 12.9. The Kier molecular flexibility index (Phi) is 5.28. The van der Waals surface area contributed by atoms with E-state index in [-0.39, 0.29) is 5.91 Å². The highest BCUT2D eigenvalue weighted by Gasteiger charge is 2.13. The van der Waals surface area contributed by atoms with Crippen molar-refractivity contribution in [2.24, 2.45) is 0 Å². The van der Waals surface area contributed by atoms with Gasteiger partial charge in [0, 0.05) is 16.1 Å². The molecule has 1 aromatic heterocycles. The summed E-state index contributed by atoms with van der Waals surface area (Å²) in [4.78, 5) is 16.6. The maximum Gasteiger partial charge on any atom is 0.255 e. The van der Waals surface area contributed by atoms with E-state index in [1.54, 1.807) is 18.3 Å². The molecular weight excluding hydrogens is 354 g/mol. The van der Waals surface area contributed by atoms with Crippen molar-refractivity contribution >= 4 is 33.3 Å². The van der Waals surface area contributed by atoms with Gasteiger partial charge in [0.25, 0.3) is 5.91 Å². The van der Waals surface area contributed by atoms with Crippen molar-refractivity contribution < 1.29 is 4.79 Å². The van der Waals surface area contributed by atoms with Crippen LogP contribution in [-0.4, -0.2) is 16.9 Å². The van der Waals surface area contributed by atoms with Crippen LogP contribution in [0.2, 0.25) is 0 Å². The molecule has 1 aliphatic carbocycles. The normalized spacial score (nSPS) is 15.2. The molecule has 1 aromatic carbocycles. The Morgan fingerprint density at radius 1 is 1.13 bits per heavy atom. The van der Waals surface area contributed by atoms with Gasteiger partial charge in [0.1, 0.15) is 5.82 Å². The molecule has 0 radical (unpaired) electrons. The standard InChI is InChI=1S/C18H20BrN3O/c19-14-6-4-5-13(11-14)18(23)22-16-9-10-17(20-12-16)21-15-7-2-1-3-8-15/h4-6,9-12,15H,1-3,7-8H2,(H,20,21)(H,22,23). The van der Waals surface area contributed by atoms with Crippen LogP contribution in [0.4, 0.5) is 11.5 Å². The van der Waals surface area contributed by atoms with Crippen LogP contribution in [0.15, 0.2) is 47.1 Å². The van der Waals surface area contributed by atoms with Gasteiger partial charge in [0.15, 0.2) is 0 Å². The molecule has 0 spiro atoms. The van der Waals surface area contributed by atoms with E-state index in [2.05, 4.69) is 31.5 Å². The molecule has 1 fully saturated rings. The van der Waals surface area contributed by atoms with E-state index in [1.165, 1.54) is 32.1 Å². The van der Waals surface area contributed by atoms with Crippen molar-refractivity contribution in [2.45, 2.75) is 38.1 Å². The molecule has 4 nitrogen and oxygen atoms in total. The first kappa shape index (κ1) is 16.0. The monoisotopic (exact) mass is 373 g/mol. The maximum absolute atomic E-state index is 12.2. The highest BCUT2D eigenvalue weighted by Crippen LogP contribution is 2.21. The maximum atomic E-state index is 12.2. The Balaban J connectivity index is 1.59. The number of amides is 1. The van der Waals surface area contributed by atoms with Crippen LogP contribution in [0.25, 0.3) is 0 Å². The quantitative estimate of drug-likeness (QED) is 0.805. The number of aromatic nitrogens is 1. The van der Waals surface area contributed by atoms with Crippen molar-refractivity contribution in [1.29, 1.82) is 0 Å². The molecular formula is C18H20BrN3O. The van der Waals surface area contributed by atoms with Crippen LogP contribution in [0.3, 0.4) is 0 Å². The lowest BCUT2D eigenvalue weighted by Gasteiger charge is -2.23. The summed E-state index contributed by atoms with van der Waals surface area (Å²) >= 11 is 3.37. The minimum absolute atomic E-state index is 0.138. The number of pyridine rings is 1. The molecule has 1 heterocycles. The van der Waals surface area contributed by atoms with Gasteiger partial charge in [-0.3, -0.25) is 4.79 Å². The van der Waals surface area contributed by atoms with Gasteiger partial charge in [-0.25, -0.2) is 4.98 Å². The van der Waals surface area contributed by atoms with Gasteiger partial charge in [0.05, 0.1) is 11.9 Å². The zero-order valence-corrected chi connectivity index (χ0v) is 14.5. The van der Waals surface area contributed by atoms with Crippen molar-refractivity contribution in [3.63, 3.8) is 0 Å². The number of rotatable bonds is 4. The zero-order chi connectivity index (χ0) is 16.1. The number of carbonyl (C=O) groups is 1. The Hall–Kier alpha value is -1.88. The number of anilines is 2. The fourth-order valence-electron chi connectivity index (χ4n) is 2.84.